The van der Waals surface area contributed by atoms with E-state index in [9.17, 15) is 0 Å². The smallest absolute Gasteiger partial charge is 0.157 e. The number of unbranched alkanes of at least 4 members (excludes halogenated alkanes) is 1. The molecule has 1 atom stereocenters. The van der Waals surface area contributed by atoms with E-state index in [0.717, 1.165) is 52.1 Å². The van der Waals surface area contributed by atoms with Crippen LogP contribution < -0.4 is 0 Å². The van der Waals surface area contributed by atoms with Crippen LogP contribution in [0.15, 0.2) is 0 Å². The minimum atomic E-state index is -0.000253. The predicted octanol–water partition coefficient (Wildman–Crippen LogP) is 2.75. The highest BCUT2D eigenvalue weighted by atomic mass is 16.7. The maximum absolute atomic E-state index is 5.56. The number of ether oxygens (including phenoxy) is 4. The fraction of sp³-hybridized carbons (Fsp3) is 1.00. The molecule has 0 aromatic heterocycles. The van der Waals surface area contributed by atoms with E-state index in [1.807, 2.05) is 0 Å². The van der Waals surface area contributed by atoms with E-state index in [1.54, 1.807) is 0 Å². The van der Waals surface area contributed by atoms with Crippen molar-refractivity contribution in [3.05, 3.63) is 0 Å². The third-order valence-electron chi connectivity index (χ3n) is 2.89. The summed E-state index contributed by atoms with van der Waals surface area (Å²) in [5.74, 6) is 0. The van der Waals surface area contributed by atoms with Gasteiger partial charge in [-0.2, -0.15) is 0 Å². The Morgan fingerprint density at radius 1 is 0.944 bits per heavy atom. The average molecular weight is 260 g/mol. The van der Waals surface area contributed by atoms with Gasteiger partial charge in [0.2, 0.25) is 0 Å². The molecule has 1 aliphatic rings. The molecule has 0 radical (unpaired) electrons. The Kier molecular flexibility index (Phi) is 10.5. The molecule has 0 saturated carbocycles. The second-order valence-corrected chi connectivity index (χ2v) is 4.60. The first kappa shape index (κ1) is 15.9. The summed E-state index contributed by atoms with van der Waals surface area (Å²) in [7, 11) is 0. The van der Waals surface area contributed by atoms with Crippen molar-refractivity contribution in [1.82, 2.24) is 0 Å². The maximum Gasteiger partial charge on any atom is 0.157 e. The van der Waals surface area contributed by atoms with Crippen LogP contribution in [-0.4, -0.2) is 45.9 Å². The van der Waals surface area contributed by atoms with Gasteiger partial charge in [-0.3, -0.25) is 0 Å². The van der Waals surface area contributed by atoms with Crippen LogP contribution in [0.1, 0.15) is 45.4 Å². The molecule has 1 rings (SSSR count). The van der Waals surface area contributed by atoms with Crippen molar-refractivity contribution in [2.45, 2.75) is 51.7 Å². The zero-order chi connectivity index (χ0) is 12.9. The van der Waals surface area contributed by atoms with Crippen molar-refractivity contribution in [3.8, 4) is 0 Å². The van der Waals surface area contributed by atoms with Gasteiger partial charge < -0.3 is 18.9 Å². The van der Waals surface area contributed by atoms with Crippen molar-refractivity contribution in [1.29, 1.82) is 0 Å². The Morgan fingerprint density at radius 3 is 2.44 bits per heavy atom. The molecule has 0 aromatic carbocycles. The van der Waals surface area contributed by atoms with Crippen LogP contribution >= 0.6 is 0 Å². The Hall–Kier alpha value is -0.160. The summed E-state index contributed by atoms with van der Waals surface area (Å²) in [6.07, 6.45) is 6.69. The summed E-state index contributed by atoms with van der Waals surface area (Å²) in [4.78, 5) is 0. The molecule has 1 heterocycles. The maximum atomic E-state index is 5.56. The molecule has 1 unspecified atom stereocenters. The molecule has 0 spiro atoms. The normalized spacial score (nSPS) is 20.2. The molecule has 0 aromatic rings. The van der Waals surface area contributed by atoms with Crippen molar-refractivity contribution < 1.29 is 18.9 Å². The summed E-state index contributed by atoms with van der Waals surface area (Å²) in [6, 6.07) is 0. The van der Waals surface area contributed by atoms with Gasteiger partial charge in [0.25, 0.3) is 0 Å². The molecule has 1 fully saturated rings. The van der Waals surface area contributed by atoms with Gasteiger partial charge in [-0.15, -0.1) is 0 Å². The first-order valence-electron chi connectivity index (χ1n) is 7.32. The fourth-order valence-electron chi connectivity index (χ4n) is 1.79. The van der Waals surface area contributed by atoms with Crippen molar-refractivity contribution in [2.75, 3.05) is 39.6 Å². The minimum Gasteiger partial charge on any atom is -0.381 e. The lowest BCUT2D eigenvalue weighted by molar-refractivity contribution is -0.169. The second-order valence-electron chi connectivity index (χ2n) is 4.60. The molecule has 4 nitrogen and oxygen atoms in total. The first-order chi connectivity index (χ1) is 8.93. The lowest BCUT2D eigenvalue weighted by atomic mass is 10.2. The zero-order valence-electron chi connectivity index (χ0n) is 11.7. The van der Waals surface area contributed by atoms with Crippen molar-refractivity contribution in [3.63, 3.8) is 0 Å². The summed E-state index contributed by atoms with van der Waals surface area (Å²) in [5, 5.41) is 0. The molecule has 18 heavy (non-hydrogen) atoms. The third kappa shape index (κ3) is 8.86. The predicted molar refractivity (Wildman–Crippen MR) is 70.7 cm³/mol. The van der Waals surface area contributed by atoms with Gasteiger partial charge in [0.1, 0.15) is 0 Å². The number of rotatable bonds is 11. The van der Waals surface area contributed by atoms with Gasteiger partial charge in [0, 0.05) is 26.4 Å². The van der Waals surface area contributed by atoms with Crippen LogP contribution in [0, 0.1) is 0 Å². The van der Waals surface area contributed by atoms with Crippen LogP contribution in [0.25, 0.3) is 0 Å². The Labute approximate surface area is 111 Å². The van der Waals surface area contributed by atoms with E-state index in [2.05, 4.69) is 6.92 Å². The van der Waals surface area contributed by atoms with Gasteiger partial charge in [-0.05, 0) is 32.1 Å². The van der Waals surface area contributed by atoms with E-state index < -0.39 is 0 Å². The number of hydrogen-bond donors (Lipinski definition) is 0. The second kappa shape index (κ2) is 11.9. The van der Waals surface area contributed by atoms with Crippen molar-refractivity contribution >= 4 is 0 Å². The monoisotopic (exact) mass is 260 g/mol. The lowest BCUT2D eigenvalue weighted by Crippen LogP contribution is -2.24. The first-order valence-corrected chi connectivity index (χ1v) is 7.32. The summed E-state index contributed by atoms with van der Waals surface area (Å²) in [6.45, 7) is 6.70. The summed E-state index contributed by atoms with van der Waals surface area (Å²) >= 11 is 0. The Bertz CT molecular complexity index is 169. The lowest BCUT2D eigenvalue weighted by Gasteiger charge is -2.22. The molecule has 0 amide bonds. The van der Waals surface area contributed by atoms with Crippen LogP contribution in [0.3, 0.4) is 0 Å². The van der Waals surface area contributed by atoms with E-state index in [4.69, 9.17) is 18.9 Å². The molecule has 0 N–H and O–H groups in total. The molecule has 1 saturated heterocycles. The third-order valence-corrected chi connectivity index (χ3v) is 2.89. The largest absolute Gasteiger partial charge is 0.381 e. The summed E-state index contributed by atoms with van der Waals surface area (Å²) in [5.41, 5.74) is 0. The van der Waals surface area contributed by atoms with Gasteiger partial charge in [-0.25, -0.2) is 0 Å². The standard InChI is InChI=1S/C14H28O4/c1-2-3-8-15-9-6-10-16-12-13-18-14-7-4-5-11-17-14/h14H,2-13H2,1H3. The summed E-state index contributed by atoms with van der Waals surface area (Å²) < 4.78 is 21.9. The molecule has 0 aliphatic carbocycles. The Balaban J connectivity index is 1.73. The Morgan fingerprint density at radius 2 is 1.72 bits per heavy atom. The van der Waals surface area contributed by atoms with Crippen LogP contribution in [0.4, 0.5) is 0 Å². The number of hydrogen-bond acceptors (Lipinski definition) is 4. The SMILES string of the molecule is CCCCOCCCOCCOC1CCCCO1. The van der Waals surface area contributed by atoms with Crippen molar-refractivity contribution in [2.24, 2.45) is 0 Å². The highest BCUT2D eigenvalue weighted by molar-refractivity contribution is 4.53. The van der Waals surface area contributed by atoms with Gasteiger partial charge in [-0.1, -0.05) is 13.3 Å². The van der Waals surface area contributed by atoms with E-state index in [1.165, 1.54) is 12.8 Å². The van der Waals surface area contributed by atoms with E-state index in [0.29, 0.717) is 13.2 Å². The molecule has 0 bridgehead atoms. The molecule has 108 valence electrons. The van der Waals surface area contributed by atoms with Crippen LogP contribution in [0.5, 0.6) is 0 Å². The molecule has 4 heteroatoms. The fourth-order valence-corrected chi connectivity index (χ4v) is 1.79. The van der Waals surface area contributed by atoms with E-state index >= 15 is 0 Å². The quantitative estimate of drug-likeness (QED) is 0.535. The minimum absolute atomic E-state index is 0.000253. The zero-order valence-corrected chi connectivity index (χ0v) is 11.7. The van der Waals surface area contributed by atoms with Crippen LogP contribution in [-0.2, 0) is 18.9 Å². The van der Waals surface area contributed by atoms with Gasteiger partial charge >= 0.3 is 0 Å². The molecular formula is C14H28O4. The topological polar surface area (TPSA) is 36.9 Å². The molecular weight excluding hydrogens is 232 g/mol. The van der Waals surface area contributed by atoms with Crippen LogP contribution in [0.2, 0.25) is 0 Å². The van der Waals surface area contributed by atoms with Gasteiger partial charge in [0.05, 0.1) is 13.2 Å². The van der Waals surface area contributed by atoms with Gasteiger partial charge in [0.15, 0.2) is 6.29 Å². The van der Waals surface area contributed by atoms with E-state index in [-0.39, 0.29) is 6.29 Å². The highest BCUT2D eigenvalue weighted by Gasteiger charge is 2.13. The highest BCUT2D eigenvalue weighted by Crippen LogP contribution is 2.13. The molecule has 1 aliphatic heterocycles. The average Bonchev–Trinajstić information content (AvgIpc) is 2.42.